The Morgan fingerprint density at radius 1 is 1.06 bits per heavy atom. The second-order valence-corrected chi connectivity index (χ2v) is 7.91. The molecule has 0 radical (unpaired) electrons. The van der Waals surface area contributed by atoms with Gasteiger partial charge in [0.2, 0.25) is 0 Å². The van der Waals surface area contributed by atoms with E-state index in [0.717, 1.165) is 23.8 Å². The van der Waals surface area contributed by atoms with Crippen molar-refractivity contribution in [2.24, 2.45) is 0 Å². The molecule has 0 bridgehead atoms. The summed E-state index contributed by atoms with van der Waals surface area (Å²) in [7, 11) is 0. The maximum atomic E-state index is 13.8. The first kappa shape index (κ1) is 22.5. The Kier molecular flexibility index (Phi) is 6.69. The van der Waals surface area contributed by atoms with Gasteiger partial charge in [-0.1, -0.05) is 6.07 Å². The molecule has 0 unspecified atom stereocenters. The van der Waals surface area contributed by atoms with E-state index in [0.29, 0.717) is 33.0 Å². The highest BCUT2D eigenvalue weighted by Crippen LogP contribution is 2.33. The molecule has 170 valence electrons. The number of carbonyl (C=O) groups excluding carboxylic acids is 1. The largest absolute Gasteiger partial charge is 0.489 e. The number of aromatic nitrogens is 1. The summed E-state index contributed by atoms with van der Waals surface area (Å²) in [6.45, 7) is 2.05. The molecule has 0 atom stereocenters. The van der Waals surface area contributed by atoms with Crippen LogP contribution in [0.1, 0.15) is 28.4 Å². The number of halogens is 2. The van der Waals surface area contributed by atoms with Crippen LogP contribution in [0.4, 0.5) is 14.6 Å². The predicted molar refractivity (Wildman–Crippen MR) is 121 cm³/mol. The van der Waals surface area contributed by atoms with E-state index in [4.69, 9.17) is 19.9 Å². The number of ether oxygens (including phenoxy) is 3. The first-order valence-electron chi connectivity index (χ1n) is 10.1. The van der Waals surface area contributed by atoms with Gasteiger partial charge in [-0.2, -0.15) is 0 Å². The molecule has 0 spiro atoms. The molecule has 0 aliphatic heterocycles. The summed E-state index contributed by atoms with van der Waals surface area (Å²) in [4.78, 5) is 16.3. The minimum absolute atomic E-state index is 0.117. The van der Waals surface area contributed by atoms with Gasteiger partial charge in [0.15, 0.2) is 0 Å². The van der Waals surface area contributed by atoms with Crippen LogP contribution in [0.5, 0.6) is 11.5 Å². The van der Waals surface area contributed by atoms with Gasteiger partial charge in [-0.25, -0.2) is 18.6 Å². The number of pyridine rings is 1. The lowest BCUT2D eigenvalue weighted by atomic mass is 10.1. The Morgan fingerprint density at radius 3 is 2.52 bits per heavy atom. The van der Waals surface area contributed by atoms with Crippen LogP contribution >= 0.6 is 11.3 Å². The van der Waals surface area contributed by atoms with Gasteiger partial charge < -0.3 is 19.9 Å². The molecule has 0 aliphatic rings. The zero-order valence-electron chi connectivity index (χ0n) is 17.6. The molecular formula is C24H20F2N2O4S. The summed E-state index contributed by atoms with van der Waals surface area (Å²) in [6.07, 6.45) is 1.42. The van der Waals surface area contributed by atoms with Crippen molar-refractivity contribution >= 4 is 33.2 Å². The Bertz CT molecular complexity index is 1310. The number of esters is 1. The molecule has 6 nitrogen and oxygen atoms in total. The van der Waals surface area contributed by atoms with Crippen LogP contribution in [-0.4, -0.2) is 17.6 Å². The van der Waals surface area contributed by atoms with Crippen LogP contribution in [0.25, 0.3) is 10.1 Å². The number of rotatable bonds is 8. The van der Waals surface area contributed by atoms with E-state index in [1.54, 1.807) is 31.2 Å². The number of hydrogen-bond acceptors (Lipinski definition) is 7. The number of benzene rings is 2. The van der Waals surface area contributed by atoms with Gasteiger partial charge in [0.1, 0.15) is 42.2 Å². The van der Waals surface area contributed by atoms with Crippen molar-refractivity contribution < 1.29 is 27.8 Å². The predicted octanol–water partition coefficient (Wildman–Crippen LogP) is 5.49. The molecule has 9 heteroatoms. The molecule has 4 rings (SSSR count). The van der Waals surface area contributed by atoms with Crippen LogP contribution in [-0.2, 0) is 18.0 Å². The van der Waals surface area contributed by atoms with E-state index < -0.39 is 17.6 Å². The second kappa shape index (κ2) is 9.83. The first-order valence-corrected chi connectivity index (χ1v) is 11.0. The summed E-state index contributed by atoms with van der Waals surface area (Å²) in [5.41, 5.74) is 7.32. The first-order chi connectivity index (χ1) is 16.0. The smallest absolute Gasteiger partial charge is 0.341 e. The minimum atomic E-state index is -0.540. The van der Waals surface area contributed by atoms with Crippen molar-refractivity contribution in [2.75, 3.05) is 12.3 Å². The summed E-state index contributed by atoms with van der Waals surface area (Å²) in [5, 5.41) is 2.51. The third-order valence-corrected chi connectivity index (χ3v) is 5.86. The van der Waals surface area contributed by atoms with Gasteiger partial charge in [-0.15, -0.1) is 11.3 Å². The normalized spacial score (nSPS) is 10.9. The summed E-state index contributed by atoms with van der Waals surface area (Å²) < 4.78 is 44.4. The maximum Gasteiger partial charge on any atom is 0.341 e. The molecule has 4 aromatic rings. The third-order valence-electron chi connectivity index (χ3n) is 4.80. The molecule has 0 fully saturated rings. The average molecular weight is 470 g/mol. The van der Waals surface area contributed by atoms with Gasteiger partial charge in [-0.3, -0.25) is 0 Å². The molecule has 33 heavy (non-hydrogen) atoms. The Labute approximate surface area is 192 Å². The molecular weight excluding hydrogens is 450 g/mol. The lowest BCUT2D eigenvalue weighted by Crippen LogP contribution is -2.06. The van der Waals surface area contributed by atoms with Crippen LogP contribution in [0.3, 0.4) is 0 Å². The van der Waals surface area contributed by atoms with Crippen LogP contribution < -0.4 is 15.2 Å². The number of carbonyl (C=O) groups is 1. The highest BCUT2D eigenvalue weighted by atomic mass is 32.1. The van der Waals surface area contributed by atoms with E-state index in [9.17, 15) is 13.6 Å². The number of nitrogens with two attached hydrogens (primary N) is 1. The quantitative estimate of drug-likeness (QED) is 0.343. The second-order valence-electron chi connectivity index (χ2n) is 7.03. The summed E-state index contributed by atoms with van der Waals surface area (Å²) in [6, 6.07) is 10.0. The lowest BCUT2D eigenvalue weighted by Gasteiger charge is -2.10. The van der Waals surface area contributed by atoms with Crippen molar-refractivity contribution in [3.05, 3.63) is 82.4 Å². The molecule has 0 saturated heterocycles. The highest BCUT2D eigenvalue weighted by molar-refractivity contribution is 7.17. The topological polar surface area (TPSA) is 83.7 Å². The SMILES string of the molecule is CCOC(=O)c1cnc(N)c2c(COc3cccc(OCc4cc(F)ccc4F)c3)csc12. The molecule has 0 amide bonds. The van der Waals surface area contributed by atoms with Crippen LogP contribution in [0.15, 0.2) is 54.0 Å². The number of anilines is 1. The van der Waals surface area contributed by atoms with Gasteiger partial charge in [0.05, 0.1) is 16.9 Å². The van der Waals surface area contributed by atoms with Gasteiger partial charge in [0, 0.05) is 28.8 Å². The van der Waals surface area contributed by atoms with Crippen LogP contribution in [0.2, 0.25) is 0 Å². The number of thiophene rings is 1. The van der Waals surface area contributed by atoms with Gasteiger partial charge in [0.25, 0.3) is 0 Å². The fourth-order valence-corrected chi connectivity index (χ4v) is 4.28. The van der Waals surface area contributed by atoms with E-state index in [1.165, 1.54) is 17.5 Å². The van der Waals surface area contributed by atoms with E-state index >= 15 is 0 Å². The van der Waals surface area contributed by atoms with E-state index in [-0.39, 0.29) is 25.4 Å². The van der Waals surface area contributed by atoms with Gasteiger partial charge >= 0.3 is 5.97 Å². The summed E-state index contributed by atoms with van der Waals surface area (Å²) in [5.74, 6) is -0.274. The Balaban J connectivity index is 1.48. The third kappa shape index (κ3) is 5.04. The number of nitrogen functional groups attached to an aromatic ring is 1. The molecule has 0 aliphatic carbocycles. The zero-order chi connectivity index (χ0) is 23.4. The van der Waals surface area contributed by atoms with Crippen LogP contribution in [0, 0.1) is 11.6 Å². The Hall–Kier alpha value is -3.72. The molecule has 2 aromatic carbocycles. The van der Waals surface area contributed by atoms with Crippen molar-refractivity contribution in [3.8, 4) is 11.5 Å². The fraction of sp³-hybridized carbons (Fsp3) is 0.167. The molecule has 0 saturated carbocycles. The Morgan fingerprint density at radius 2 is 1.79 bits per heavy atom. The number of hydrogen-bond donors (Lipinski definition) is 1. The van der Waals surface area contributed by atoms with Crippen molar-refractivity contribution in [3.63, 3.8) is 0 Å². The van der Waals surface area contributed by atoms with Crippen molar-refractivity contribution in [1.82, 2.24) is 4.98 Å². The molecule has 2 N–H and O–H groups in total. The number of fused-ring (bicyclic) bond motifs is 1. The minimum Gasteiger partial charge on any atom is -0.489 e. The molecule has 2 aromatic heterocycles. The summed E-state index contributed by atoms with van der Waals surface area (Å²) >= 11 is 1.36. The highest BCUT2D eigenvalue weighted by Gasteiger charge is 2.18. The standard InChI is InChI=1S/C24H20F2N2O4S/c1-2-30-24(29)19-10-28-23(27)21-15(13-33-22(19)21)12-32-18-5-3-4-17(9-18)31-11-14-8-16(25)6-7-20(14)26/h3-10,13H,2,11-12H2,1H3,(H2,27,28). The van der Waals surface area contributed by atoms with E-state index in [1.807, 2.05) is 5.38 Å². The van der Waals surface area contributed by atoms with Crippen molar-refractivity contribution in [2.45, 2.75) is 20.1 Å². The molecule has 2 heterocycles. The fourth-order valence-electron chi connectivity index (χ4n) is 3.22. The maximum absolute atomic E-state index is 13.8. The van der Waals surface area contributed by atoms with E-state index in [2.05, 4.69) is 4.98 Å². The zero-order valence-corrected chi connectivity index (χ0v) is 18.5. The average Bonchev–Trinajstić information content (AvgIpc) is 3.24. The van der Waals surface area contributed by atoms with Crippen molar-refractivity contribution in [1.29, 1.82) is 0 Å². The number of nitrogens with zero attached hydrogens (tertiary/aromatic N) is 1. The lowest BCUT2D eigenvalue weighted by molar-refractivity contribution is 0.0528. The van der Waals surface area contributed by atoms with Gasteiger partial charge in [-0.05, 0) is 42.6 Å². The monoisotopic (exact) mass is 470 g/mol.